The van der Waals surface area contributed by atoms with Gasteiger partial charge in [-0.05, 0) is 48.7 Å². The van der Waals surface area contributed by atoms with Crippen LogP contribution in [-0.4, -0.2) is 18.1 Å². The Labute approximate surface area is 183 Å². The number of benzene rings is 2. The fraction of sp³-hybridized carbons (Fsp3) is 0.261. The topological polar surface area (TPSA) is 67.8 Å². The first-order valence-corrected chi connectivity index (χ1v) is 11.1. The summed E-state index contributed by atoms with van der Waals surface area (Å²) in [6, 6.07) is 14.5. The van der Waals surface area contributed by atoms with Gasteiger partial charge in [0.15, 0.2) is 0 Å². The molecule has 0 saturated heterocycles. The average Bonchev–Trinajstić information content (AvgIpc) is 3.12. The van der Waals surface area contributed by atoms with E-state index in [2.05, 4.69) is 10.5 Å². The molecule has 1 aliphatic rings. The number of ether oxygens (including phenoxy) is 1. The van der Waals surface area contributed by atoms with Crippen molar-refractivity contribution in [2.24, 2.45) is 11.0 Å². The highest BCUT2D eigenvalue weighted by atomic mass is 35.5. The van der Waals surface area contributed by atoms with Crippen molar-refractivity contribution in [3.63, 3.8) is 0 Å². The molecule has 1 heterocycles. The van der Waals surface area contributed by atoms with Gasteiger partial charge in [0.25, 0.3) is 0 Å². The highest BCUT2D eigenvalue weighted by molar-refractivity contribution is 7.21. The largest absolute Gasteiger partial charge is 0.422 e. The molecule has 0 spiro atoms. The monoisotopic (exact) mass is 440 g/mol. The zero-order chi connectivity index (χ0) is 20.9. The number of fused-ring (bicyclic) bond motifs is 1. The van der Waals surface area contributed by atoms with E-state index in [1.165, 1.54) is 17.8 Å². The first kappa shape index (κ1) is 20.6. The van der Waals surface area contributed by atoms with Crippen molar-refractivity contribution in [2.45, 2.75) is 32.1 Å². The molecule has 0 radical (unpaired) electrons. The second kappa shape index (κ2) is 9.41. The Morgan fingerprint density at radius 1 is 1.07 bits per heavy atom. The normalized spacial score (nSPS) is 14.8. The van der Waals surface area contributed by atoms with E-state index >= 15 is 0 Å². The van der Waals surface area contributed by atoms with E-state index in [-0.39, 0.29) is 11.8 Å². The van der Waals surface area contributed by atoms with Crippen LogP contribution in [0, 0.1) is 5.92 Å². The van der Waals surface area contributed by atoms with Gasteiger partial charge in [-0.15, -0.1) is 11.3 Å². The van der Waals surface area contributed by atoms with Crippen LogP contribution in [0.3, 0.4) is 0 Å². The van der Waals surface area contributed by atoms with Crippen LogP contribution in [-0.2, 0) is 4.79 Å². The van der Waals surface area contributed by atoms with E-state index in [1.54, 1.807) is 30.5 Å². The average molecular weight is 441 g/mol. The predicted molar refractivity (Wildman–Crippen MR) is 121 cm³/mol. The summed E-state index contributed by atoms with van der Waals surface area (Å²) in [7, 11) is 0. The van der Waals surface area contributed by atoms with Gasteiger partial charge >= 0.3 is 5.97 Å². The Morgan fingerprint density at radius 2 is 1.80 bits per heavy atom. The van der Waals surface area contributed by atoms with Crippen LogP contribution >= 0.6 is 22.9 Å². The van der Waals surface area contributed by atoms with Crippen molar-refractivity contribution < 1.29 is 14.3 Å². The molecular formula is C23H21ClN2O3S. The molecule has 0 aliphatic heterocycles. The number of thiophene rings is 1. The number of amides is 1. The van der Waals surface area contributed by atoms with Gasteiger partial charge < -0.3 is 4.74 Å². The second-order valence-electron chi connectivity index (χ2n) is 7.27. The quantitative estimate of drug-likeness (QED) is 0.236. The molecule has 1 aromatic heterocycles. The van der Waals surface area contributed by atoms with E-state index in [0.29, 0.717) is 15.6 Å². The van der Waals surface area contributed by atoms with E-state index in [1.807, 2.05) is 24.3 Å². The molecule has 3 aromatic rings. The van der Waals surface area contributed by atoms with E-state index in [0.717, 1.165) is 41.3 Å². The molecule has 4 rings (SSSR count). The summed E-state index contributed by atoms with van der Waals surface area (Å²) in [6.07, 6.45) is 6.87. The minimum atomic E-state index is -0.484. The van der Waals surface area contributed by atoms with Gasteiger partial charge in [-0.25, -0.2) is 10.2 Å². The van der Waals surface area contributed by atoms with Gasteiger partial charge in [0.2, 0.25) is 5.91 Å². The minimum absolute atomic E-state index is 0.0169. The van der Waals surface area contributed by atoms with Gasteiger partial charge in [-0.2, -0.15) is 5.10 Å². The zero-order valence-corrected chi connectivity index (χ0v) is 17.8. The number of halogens is 1. The lowest BCUT2D eigenvalue weighted by atomic mass is 9.89. The van der Waals surface area contributed by atoms with Crippen molar-refractivity contribution in [1.29, 1.82) is 0 Å². The maximum atomic E-state index is 12.5. The van der Waals surface area contributed by atoms with Crippen LogP contribution in [0.5, 0.6) is 5.75 Å². The molecule has 154 valence electrons. The second-order valence-corrected chi connectivity index (χ2v) is 8.70. The van der Waals surface area contributed by atoms with Crippen molar-refractivity contribution in [3.8, 4) is 5.75 Å². The minimum Gasteiger partial charge on any atom is -0.422 e. The zero-order valence-electron chi connectivity index (χ0n) is 16.3. The number of nitrogens with one attached hydrogen (secondary N) is 1. The molecule has 0 unspecified atom stereocenters. The molecule has 0 bridgehead atoms. The Kier molecular flexibility index (Phi) is 6.45. The van der Waals surface area contributed by atoms with Crippen LogP contribution in [0.25, 0.3) is 10.1 Å². The standard InChI is InChI=1S/C23H21ClN2O3S/c24-20-18-8-4-5-9-19(18)30-21(20)23(28)29-17-12-10-15(11-13-17)14-25-26-22(27)16-6-2-1-3-7-16/h4-5,8-14,16H,1-3,6-7H2,(H,26,27). The molecule has 1 N–H and O–H groups in total. The highest BCUT2D eigenvalue weighted by Crippen LogP contribution is 2.35. The summed E-state index contributed by atoms with van der Waals surface area (Å²) in [6.45, 7) is 0. The molecular weight excluding hydrogens is 420 g/mol. The van der Waals surface area contributed by atoms with Gasteiger partial charge in [0.1, 0.15) is 10.6 Å². The molecule has 0 atom stereocenters. The first-order valence-electron chi connectivity index (χ1n) is 9.94. The smallest absolute Gasteiger partial charge is 0.355 e. The fourth-order valence-electron chi connectivity index (χ4n) is 3.55. The lowest BCUT2D eigenvalue weighted by molar-refractivity contribution is -0.125. The van der Waals surface area contributed by atoms with Crippen molar-refractivity contribution in [1.82, 2.24) is 5.43 Å². The number of hydrogen-bond acceptors (Lipinski definition) is 5. The number of nitrogens with zero attached hydrogens (tertiary/aromatic N) is 1. The summed E-state index contributed by atoms with van der Waals surface area (Å²) >= 11 is 7.65. The van der Waals surface area contributed by atoms with Crippen LogP contribution in [0.2, 0.25) is 5.02 Å². The number of carbonyl (C=O) groups excluding carboxylic acids is 2. The van der Waals surface area contributed by atoms with E-state index in [9.17, 15) is 9.59 Å². The molecule has 1 saturated carbocycles. The number of carbonyl (C=O) groups is 2. The lowest BCUT2D eigenvalue weighted by Crippen LogP contribution is -2.28. The highest BCUT2D eigenvalue weighted by Gasteiger charge is 2.20. The number of rotatable bonds is 5. The first-order chi connectivity index (χ1) is 14.6. The van der Waals surface area contributed by atoms with Gasteiger partial charge in [-0.1, -0.05) is 49.1 Å². The molecule has 1 fully saturated rings. The van der Waals surface area contributed by atoms with Gasteiger partial charge in [0.05, 0.1) is 11.2 Å². The van der Waals surface area contributed by atoms with E-state index < -0.39 is 5.97 Å². The number of esters is 1. The maximum absolute atomic E-state index is 12.5. The fourth-order valence-corrected chi connectivity index (χ4v) is 4.93. The summed E-state index contributed by atoms with van der Waals surface area (Å²) in [4.78, 5) is 25.0. The third-order valence-electron chi connectivity index (χ3n) is 5.18. The Balaban J connectivity index is 1.35. The number of hydrazone groups is 1. The molecule has 30 heavy (non-hydrogen) atoms. The van der Waals surface area contributed by atoms with Crippen LogP contribution in [0.1, 0.15) is 47.3 Å². The van der Waals surface area contributed by atoms with E-state index in [4.69, 9.17) is 16.3 Å². The van der Waals surface area contributed by atoms with Crippen molar-refractivity contribution in [3.05, 3.63) is 64.0 Å². The predicted octanol–water partition coefficient (Wildman–Crippen LogP) is 5.80. The number of hydrogen-bond donors (Lipinski definition) is 1. The summed E-state index contributed by atoms with van der Waals surface area (Å²) < 4.78 is 6.40. The summed E-state index contributed by atoms with van der Waals surface area (Å²) in [5.74, 6) is -0.0191. The van der Waals surface area contributed by atoms with Crippen LogP contribution in [0.15, 0.2) is 53.6 Å². The van der Waals surface area contributed by atoms with Crippen molar-refractivity contribution >= 4 is 51.1 Å². The third kappa shape index (κ3) is 4.71. The molecule has 1 aliphatic carbocycles. The van der Waals surface area contributed by atoms with Crippen LogP contribution < -0.4 is 10.2 Å². The molecule has 1 amide bonds. The summed E-state index contributed by atoms with van der Waals surface area (Å²) in [5, 5.41) is 5.30. The molecule has 5 nitrogen and oxygen atoms in total. The van der Waals surface area contributed by atoms with Crippen LogP contribution in [0.4, 0.5) is 0 Å². The molecule has 7 heteroatoms. The van der Waals surface area contributed by atoms with Gasteiger partial charge in [0, 0.05) is 16.0 Å². The lowest BCUT2D eigenvalue weighted by Gasteiger charge is -2.19. The van der Waals surface area contributed by atoms with Gasteiger partial charge in [-0.3, -0.25) is 4.79 Å². The Morgan fingerprint density at radius 3 is 2.53 bits per heavy atom. The maximum Gasteiger partial charge on any atom is 0.355 e. The Bertz CT molecular complexity index is 1090. The third-order valence-corrected chi connectivity index (χ3v) is 6.83. The SMILES string of the molecule is O=C(Oc1ccc(C=NNC(=O)C2CCCCC2)cc1)c1sc2ccccc2c1Cl. The molecule has 2 aromatic carbocycles. The Hall–Kier alpha value is -2.70. The summed E-state index contributed by atoms with van der Waals surface area (Å²) in [5.41, 5.74) is 3.41. The van der Waals surface area contributed by atoms with Crippen molar-refractivity contribution in [2.75, 3.05) is 0 Å².